The molecule has 9 aromatic rings. The molecular weight excluding hydrogens is 1670 g/mol. The number of ether oxygens (including phenoxy) is 2. The third-order valence-electron chi connectivity index (χ3n) is 21.5. The lowest BCUT2D eigenvalue weighted by molar-refractivity contribution is -0.120. The van der Waals surface area contributed by atoms with Gasteiger partial charge in [-0.25, -0.2) is 38.1 Å². The minimum atomic E-state index is -1.00. The van der Waals surface area contributed by atoms with Gasteiger partial charge in [-0.3, -0.25) is 32.9 Å². The lowest BCUT2D eigenvalue weighted by Gasteiger charge is -2.44. The van der Waals surface area contributed by atoms with Crippen LogP contribution in [0, 0.1) is 35.8 Å². The fourth-order valence-electron chi connectivity index (χ4n) is 16.1. The number of rotatable bonds is 1. The Kier molecular flexibility index (Phi) is 26.9. The van der Waals surface area contributed by atoms with E-state index in [1.807, 2.05) is 98.0 Å². The van der Waals surface area contributed by atoms with E-state index < -0.39 is 22.7 Å². The average Bonchev–Trinajstić information content (AvgIpc) is 1.66. The molecule has 4 spiro atoms. The van der Waals surface area contributed by atoms with Crippen molar-refractivity contribution in [2.75, 3.05) is 38.5 Å². The van der Waals surface area contributed by atoms with Gasteiger partial charge in [-0.2, -0.15) is 0 Å². The topological polar surface area (TPSA) is 280 Å². The number of anilines is 1. The second-order valence-electron chi connectivity index (χ2n) is 32.2. The first-order chi connectivity index (χ1) is 53.7. The third-order valence-corrected chi connectivity index (χ3v) is 23.0. The van der Waals surface area contributed by atoms with Crippen LogP contribution >= 0.6 is 60.2 Å². The number of likely N-dealkylation sites (tertiary alicyclic amines) is 2. The van der Waals surface area contributed by atoms with E-state index in [1.165, 1.54) is 56.0 Å². The zero-order valence-electron chi connectivity index (χ0n) is 64.7. The van der Waals surface area contributed by atoms with Crippen LogP contribution in [0.1, 0.15) is 170 Å². The summed E-state index contributed by atoms with van der Waals surface area (Å²) < 4.78 is 44.8. The fraction of sp³-hybridized carbons (Fsp3) is 0.419. The van der Waals surface area contributed by atoms with Gasteiger partial charge in [0.15, 0.2) is 0 Å². The van der Waals surface area contributed by atoms with Crippen LogP contribution in [0.25, 0.3) is 32.7 Å². The Labute approximate surface area is 691 Å². The van der Waals surface area contributed by atoms with E-state index in [1.54, 1.807) is 58.0 Å². The lowest BCUT2D eigenvalue weighted by atomic mass is 9.85. The molecular formula is C86H94Br3ClF2N12O10. The van der Waals surface area contributed by atoms with Crippen molar-refractivity contribution >= 4 is 123 Å². The van der Waals surface area contributed by atoms with Crippen molar-refractivity contribution in [3.8, 4) is 24.2 Å². The van der Waals surface area contributed by atoms with Gasteiger partial charge in [0, 0.05) is 98.9 Å². The van der Waals surface area contributed by atoms with Crippen LogP contribution in [0.3, 0.4) is 0 Å². The van der Waals surface area contributed by atoms with Crippen molar-refractivity contribution in [1.29, 1.82) is 0 Å². The number of carboxylic acid groups (broad SMARTS) is 1. The first-order valence-corrected chi connectivity index (χ1v) is 40.6. The van der Waals surface area contributed by atoms with Crippen molar-refractivity contribution in [2.24, 2.45) is 0 Å². The maximum atomic E-state index is 13.3. The fourth-order valence-corrected chi connectivity index (χ4v) is 17.2. The van der Waals surface area contributed by atoms with E-state index in [4.69, 9.17) is 41.7 Å². The largest absolute Gasteiger partial charge is 0.478 e. The van der Waals surface area contributed by atoms with Crippen molar-refractivity contribution in [3.63, 3.8) is 0 Å². The van der Waals surface area contributed by atoms with Crippen molar-refractivity contribution < 1.29 is 42.5 Å². The standard InChI is InChI=1S/C23H20FN3O.C20H24BrN3O3.C15H16BrN3O.C13H22N2O3.C8H5F.C7H6BrNO2.ClH/c24-18-5-3-4-16(12-18)6-7-17-8-9-19-20(13-17)26-21-14-23(10-1-2-11-25-23)15-27(21)22(19)28;1-19(2,3)27-18(26)24-9-5-4-8-20(24)11-16-22-15-10-13(21)6-7-14(15)17(25)23(16)12-20;16-10-3-4-11-12(7-10)18-13-8-15(5-1-2-6-17-15)9-19(13)14(11)20;1-12(2,3)18-11(17)15-7-5-4-6-13(15)8-10(16)14-9-13;1-2-7-4-3-5-8(9)6-7;8-4-1-2-5(7(10)11)6(9)3-4;/h3-5,8-9,12-13,25H,1-2,10-11,14-15H2;6-7,10H,4-5,8-9,11-12H2,1-3H3;3-4,7,17H,1-2,5-6,8-9H2;4-9H2,1-3H3,(H,14,16);1,3-6H;1-3H,9H2,(H,10,11);1H. The molecule has 5 saturated heterocycles. The van der Waals surface area contributed by atoms with Crippen molar-refractivity contribution in [3.05, 3.63) is 217 Å². The van der Waals surface area contributed by atoms with Crippen LogP contribution < -0.4 is 38.4 Å². The van der Waals surface area contributed by atoms with Crippen molar-refractivity contribution in [1.82, 2.24) is 54.4 Å². The predicted molar refractivity (Wildman–Crippen MR) is 450 cm³/mol. The summed E-state index contributed by atoms with van der Waals surface area (Å²) in [6.07, 6.45) is 19.9. The smallest absolute Gasteiger partial charge is 0.410 e. The molecule has 0 bridgehead atoms. The highest BCUT2D eigenvalue weighted by molar-refractivity contribution is 9.11. The number of nitrogens with zero attached hydrogens (tertiary/aromatic N) is 8. The molecule has 28 heteroatoms. The summed E-state index contributed by atoms with van der Waals surface area (Å²) in [6.45, 7) is 17.1. The summed E-state index contributed by atoms with van der Waals surface area (Å²) in [5.41, 5.74) is 8.25. The Morgan fingerprint density at radius 1 is 0.526 bits per heavy atom. The SMILES string of the molecule is C#Cc1cccc(F)c1.CC(C)(C)OC(=O)N1CCCCC12CNC(=O)C2.CC(C)(C)OC(=O)N1CCCCC12Cc1nc3cc(Br)ccc3c(=O)n1C2.Cl.Nc1cc(Br)ccc1C(=O)O.O=c1c2ccc(Br)cc2nc2n1CC1(CCCCN1)C2.O=c1c2ccc(C#Cc3cccc(F)c3)cc2nc2n1CC1(CCCCN1)C2. The zero-order chi connectivity index (χ0) is 80.8. The minimum Gasteiger partial charge on any atom is -0.478 e. The number of fused-ring (bicyclic) bond motifs is 6. The van der Waals surface area contributed by atoms with Crippen LogP contribution in [-0.2, 0) is 53.2 Å². The maximum absolute atomic E-state index is 13.3. The van der Waals surface area contributed by atoms with Crippen molar-refractivity contribution in [2.45, 2.75) is 197 Å². The molecule has 11 heterocycles. The van der Waals surface area contributed by atoms with E-state index in [0.29, 0.717) is 83.9 Å². The van der Waals surface area contributed by atoms with E-state index >= 15 is 0 Å². The molecule has 114 heavy (non-hydrogen) atoms. The lowest BCUT2D eigenvalue weighted by Crippen LogP contribution is -2.57. The first-order valence-electron chi connectivity index (χ1n) is 38.2. The highest BCUT2D eigenvalue weighted by Crippen LogP contribution is 2.40. The number of halogens is 6. The molecule has 5 fully saturated rings. The molecule has 6 N–H and O–H groups in total. The molecule has 4 unspecified atom stereocenters. The number of carboxylic acids is 1. The van der Waals surface area contributed by atoms with Crippen LogP contribution in [0.5, 0.6) is 0 Å². The number of aromatic carboxylic acids is 1. The Morgan fingerprint density at radius 3 is 1.40 bits per heavy atom. The summed E-state index contributed by atoms with van der Waals surface area (Å²) in [4.78, 5) is 104. The summed E-state index contributed by atoms with van der Waals surface area (Å²) in [6, 6.07) is 33.5. The number of piperidine rings is 4. The monoisotopic (exact) mass is 1760 g/mol. The zero-order valence-corrected chi connectivity index (χ0v) is 70.2. The number of hydrogen-bond acceptors (Lipinski definition) is 15. The van der Waals surface area contributed by atoms with Gasteiger partial charge in [0.25, 0.3) is 16.7 Å². The number of carbonyl (C=O) groups is 4. The number of nitrogen functional groups attached to an aromatic ring is 1. The molecule has 0 radical (unpaired) electrons. The number of hydrogen-bond donors (Lipinski definition) is 5. The second-order valence-corrected chi connectivity index (χ2v) is 35.0. The van der Waals surface area contributed by atoms with Gasteiger partial charge in [0.05, 0.1) is 62.3 Å². The Hall–Kier alpha value is -9.35. The van der Waals surface area contributed by atoms with Gasteiger partial charge in [0.1, 0.15) is 40.3 Å². The molecule has 3 aromatic heterocycles. The number of aromatic nitrogens is 6. The van der Waals surface area contributed by atoms with Crippen LogP contribution in [0.4, 0.5) is 24.1 Å². The summed E-state index contributed by atoms with van der Waals surface area (Å²) in [7, 11) is 0. The van der Waals surface area contributed by atoms with E-state index in [9.17, 15) is 42.3 Å². The van der Waals surface area contributed by atoms with E-state index in [-0.39, 0.29) is 86.7 Å². The molecule has 0 aliphatic carbocycles. The summed E-state index contributed by atoms with van der Waals surface area (Å²) >= 11 is 10.1. The molecule has 0 saturated carbocycles. The van der Waals surface area contributed by atoms with Gasteiger partial charge in [-0.05, 0) is 228 Å². The molecule has 8 aliphatic heterocycles. The number of carbonyl (C=O) groups excluding carboxylic acids is 3. The van der Waals surface area contributed by atoms with Crippen LogP contribution in [0.2, 0.25) is 0 Å². The molecule has 22 nitrogen and oxygen atoms in total. The first kappa shape index (κ1) is 85.5. The van der Waals surface area contributed by atoms with Gasteiger partial charge >= 0.3 is 18.2 Å². The highest BCUT2D eigenvalue weighted by atomic mass is 79.9. The number of amides is 3. The average molecular weight is 1770 g/mol. The summed E-state index contributed by atoms with van der Waals surface area (Å²) in [5, 5.41) is 20.6. The number of benzene rings is 6. The number of nitrogens with one attached hydrogen (secondary N) is 3. The van der Waals surface area contributed by atoms with E-state index in [0.717, 1.165) is 126 Å². The van der Waals surface area contributed by atoms with Gasteiger partial charge in [0.2, 0.25) is 5.91 Å². The molecule has 6 aromatic carbocycles. The van der Waals surface area contributed by atoms with Crippen LogP contribution in [0.15, 0.2) is 149 Å². The van der Waals surface area contributed by atoms with Gasteiger partial charge in [-0.1, -0.05) is 90.5 Å². The second kappa shape index (κ2) is 35.8. The quantitative estimate of drug-likeness (QED) is 0.0754. The molecule has 600 valence electrons. The Balaban J connectivity index is 0.000000140. The minimum absolute atomic E-state index is 0. The van der Waals surface area contributed by atoms with Gasteiger partial charge in [-0.15, -0.1) is 18.8 Å². The molecule has 4 atom stereocenters. The Morgan fingerprint density at radius 2 is 0.956 bits per heavy atom. The normalized spacial score (nSPS) is 20.9. The molecule has 17 rings (SSSR count). The summed E-state index contributed by atoms with van der Waals surface area (Å²) in [5.74, 6) is 9.31. The number of terminal acetylenes is 1. The third kappa shape index (κ3) is 20.3. The highest BCUT2D eigenvalue weighted by Gasteiger charge is 2.50. The molecule has 8 aliphatic rings. The Bertz CT molecular complexity index is 5460. The van der Waals surface area contributed by atoms with Crippen LogP contribution in [-0.4, -0.2) is 134 Å². The van der Waals surface area contributed by atoms with Gasteiger partial charge < -0.3 is 46.1 Å². The maximum Gasteiger partial charge on any atom is 0.410 e. The predicted octanol–water partition coefficient (Wildman–Crippen LogP) is 14.7. The molecule has 3 amide bonds. The number of nitrogens with two attached hydrogens (primary N) is 1. The van der Waals surface area contributed by atoms with E-state index in [2.05, 4.69) is 81.5 Å².